The van der Waals surface area contributed by atoms with E-state index in [1.54, 1.807) is 11.3 Å². The van der Waals surface area contributed by atoms with E-state index in [1.807, 2.05) is 36.6 Å². The normalized spacial score (nSPS) is 12.2. The number of amides is 1. The Kier molecular flexibility index (Phi) is 4.74. The summed E-state index contributed by atoms with van der Waals surface area (Å²) in [5.41, 5.74) is 1.02. The van der Waals surface area contributed by atoms with Crippen LogP contribution in [0.2, 0.25) is 0 Å². The number of aliphatic carboxylic acids is 1. The number of carbonyl (C=O) groups excluding carboxylic acids is 1. The smallest absolute Gasteiger partial charge is 0.303 e. The Labute approximate surface area is 121 Å². The fraction of sp³-hybridized carbons (Fsp3) is 0.333. The molecule has 1 aromatic heterocycles. The van der Waals surface area contributed by atoms with Crippen molar-refractivity contribution in [3.8, 4) is 0 Å². The van der Waals surface area contributed by atoms with Gasteiger partial charge in [-0.3, -0.25) is 9.59 Å². The van der Waals surface area contributed by atoms with Crippen LogP contribution < -0.4 is 5.32 Å². The molecule has 0 fully saturated rings. The van der Waals surface area contributed by atoms with Crippen molar-refractivity contribution in [2.24, 2.45) is 0 Å². The third-order valence-corrected chi connectivity index (χ3v) is 4.12. The first kappa shape index (κ1) is 14.5. The highest BCUT2D eigenvalue weighted by atomic mass is 32.1. The predicted octanol–water partition coefficient (Wildman–Crippen LogP) is 2.81. The molecule has 106 valence electrons. The second-order valence-electron chi connectivity index (χ2n) is 4.83. The number of benzene rings is 1. The number of fused-ring (bicyclic) bond motifs is 1. The maximum absolute atomic E-state index is 12.0. The second-order valence-corrected chi connectivity index (χ2v) is 5.75. The number of carboxylic acid groups (broad SMARTS) is 1. The van der Waals surface area contributed by atoms with Gasteiger partial charge in [0, 0.05) is 17.2 Å². The van der Waals surface area contributed by atoms with Gasteiger partial charge in [0.2, 0.25) is 5.91 Å². The number of carbonyl (C=O) groups is 2. The summed E-state index contributed by atoms with van der Waals surface area (Å²) in [6.07, 6.45) is 0.857. The number of thiophene rings is 1. The topological polar surface area (TPSA) is 66.4 Å². The lowest BCUT2D eigenvalue weighted by atomic mass is 10.1. The van der Waals surface area contributed by atoms with Crippen molar-refractivity contribution < 1.29 is 14.7 Å². The van der Waals surface area contributed by atoms with Crippen LogP contribution in [0.5, 0.6) is 0 Å². The average molecular weight is 291 g/mol. The van der Waals surface area contributed by atoms with Crippen molar-refractivity contribution in [3.05, 3.63) is 35.2 Å². The summed E-state index contributed by atoms with van der Waals surface area (Å²) in [5, 5.41) is 14.6. The highest BCUT2D eigenvalue weighted by Crippen LogP contribution is 2.25. The van der Waals surface area contributed by atoms with Crippen LogP contribution in [0.3, 0.4) is 0 Å². The Hall–Kier alpha value is -1.88. The molecule has 0 bridgehead atoms. The van der Waals surface area contributed by atoms with Crippen molar-refractivity contribution in [1.82, 2.24) is 5.32 Å². The molecule has 1 aromatic carbocycles. The van der Waals surface area contributed by atoms with Crippen molar-refractivity contribution in [2.75, 3.05) is 0 Å². The third kappa shape index (κ3) is 3.81. The molecule has 0 spiro atoms. The summed E-state index contributed by atoms with van der Waals surface area (Å²) in [4.78, 5) is 22.4. The number of carboxylic acids is 1. The molecule has 0 aliphatic rings. The van der Waals surface area contributed by atoms with Gasteiger partial charge in [0.25, 0.3) is 0 Å². The summed E-state index contributed by atoms with van der Waals surface area (Å²) >= 11 is 1.63. The summed E-state index contributed by atoms with van der Waals surface area (Å²) < 4.78 is 1.18. The average Bonchev–Trinajstić information content (AvgIpc) is 2.80. The van der Waals surface area contributed by atoms with Crippen molar-refractivity contribution >= 4 is 33.3 Å². The summed E-state index contributed by atoms with van der Waals surface area (Å²) in [5.74, 6) is -0.902. The lowest BCUT2D eigenvalue weighted by molar-refractivity contribution is -0.137. The summed E-state index contributed by atoms with van der Waals surface area (Å²) in [7, 11) is 0. The molecule has 1 amide bonds. The Morgan fingerprint density at radius 3 is 2.85 bits per heavy atom. The van der Waals surface area contributed by atoms with Gasteiger partial charge in [-0.1, -0.05) is 18.2 Å². The molecule has 20 heavy (non-hydrogen) atoms. The van der Waals surface area contributed by atoms with Crippen LogP contribution in [0.25, 0.3) is 10.1 Å². The van der Waals surface area contributed by atoms with E-state index in [0.717, 1.165) is 10.9 Å². The van der Waals surface area contributed by atoms with Gasteiger partial charge >= 0.3 is 5.97 Å². The van der Waals surface area contributed by atoms with Gasteiger partial charge < -0.3 is 10.4 Å². The number of nitrogens with one attached hydrogen (secondary N) is 1. The van der Waals surface area contributed by atoms with E-state index >= 15 is 0 Å². The molecule has 0 aliphatic heterocycles. The molecule has 0 aliphatic carbocycles. The highest BCUT2D eigenvalue weighted by molar-refractivity contribution is 7.17. The number of rotatable bonds is 6. The minimum absolute atomic E-state index is 0.0635. The monoisotopic (exact) mass is 291 g/mol. The van der Waals surface area contributed by atoms with E-state index in [1.165, 1.54) is 4.70 Å². The minimum atomic E-state index is -0.838. The maximum atomic E-state index is 12.0. The molecular weight excluding hydrogens is 274 g/mol. The van der Waals surface area contributed by atoms with Crippen LogP contribution in [0.15, 0.2) is 29.6 Å². The first-order chi connectivity index (χ1) is 9.56. The van der Waals surface area contributed by atoms with E-state index < -0.39 is 5.97 Å². The molecule has 0 saturated carbocycles. The summed E-state index contributed by atoms with van der Waals surface area (Å²) in [6.45, 7) is 1.83. The molecule has 0 saturated heterocycles. The zero-order chi connectivity index (χ0) is 14.5. The summed E-state index contributed by atoms with van der Waals surface area (Å²) in [6, 6.07) is 7.88. The zero-order valence-electron chi connectivity index (χ0n) is 11.3. The van der Waals surface area contributed by atoms with Crippen LogP contribution in [-0.2, 0) is 16.0 Å². The first-order valence-corrected chi connectivity index (χ1v) is 7.40. The Morgan fingerprint density at radius 1 is 1.35 bits per heavy atom. The van der Waals surface area contributed by atoms with Gasteiger partial charge in [0.15, 0.2) is 0 Å². The molecular formula is C15H17NO3S. The molecule has 1 unspecified atom stereocenters. The molecule has 4 nitrogen and oxygen atoms in total. The molecule has 1 heterocycles. The van der Waals surface area contributed by atoms with Crippen LogP contribution in [0.4, 0.5) is 0 Å². The molecule has 0 radical (unpaired) electrons. The van der Waals surface area contributed by atoms with Gasteiger partial charge in [-0.15, -0.1) is 11.3 Å². The van der Waals surface area contributed by atoms with Crippen molar-refractivity contribution in [2.45, 2.75) is 32.2 Å². The molecule has 2 rings (SSSR count). The van der Waals surface area contributed by atoms with Gasteiger partial charge in [0.05, 0.1) is 6.42 Å². The van der Waals surface area contributed by atoms with E-state index in [-0.39, 0.29) is 18.4 Å². The van der Waals surface area contributed by atoms with Gasteiger partial charge in [-0.2, -0.15) is 0 Å². The lowest BCUT2D eigenvalue weighted by Crippen LogP contribution is -2.34. The Balaban J connectivity index is 1.93. The first-order valence-electron chi connectivity index (χ1n) is 6.52. The van der Waals surface area contributed by atoms with Gasteiger partial charge in [-0.05, 0) is 35.7 Å². The quantitative estimate of drug-likeness (QED) is 0.860. The third-order valence-electron chi connectivity index (χ3n) is 3.11. The Morgan fingerprint density at radius 2 is 2.10 bits per heavy atom. The lowest BCUT2D eigenvalue weighted by Gasteiger charge is -2.12. The zero-order valence-corrected chi connectivity index (χ0v) is 12.1. The standard InChI is InChI=1S/C15H17NO3S/c1-10(6-7-15(18)19)16-14(17)8-11-9-20-13-5-3-2-4-12(11)13/h2-5,9-10H,6-8H2,1H3,(H,16,17)(H,18,19). The fourth-order valence-corrected chi connectivity index (χ4v) is 3.04. The Bertz CT molecular complexity index is 620. The molecule has 5 heteroatoms. The fourth-order valence-electron chi connectivity index (χ4n) is 2.08. The van der Waals surface area contributed by atoms with E-state index in [4.69, 9.17) is 5.11 Å². The van der Waals surface area contributed by atoms with Crippen LogP contribution in [-0.4, -0.2) is 23.0 Å². The van der Waals surface area contributed by atoms with Crippen molar-refractivity contribution in [3.63, 3.8) is 0 Å². The minimum Gasteiger partial charge on any atom is -0.481 e. The van der Waals surface area contributed by atoms with Crippen molar-refractivity contribution in [1.29, 1.82) is 0 Å². The maximum Gasteiger partial charge on any atom is 0.303 e. The van der Waals surface area contributed by atoms with E-state index in [9.17, 15) is 9.59 Å². The SMILES string of the molecule is CC(CCC(=O)O)NC(=O)Cc1csc2ccccc12. The molecule has 1 atom stereocenters. The van der Waals surface area contributed by atoms with E-state index in [2.05, 4.69) is 5.32 Å². The number of hydrogen-bond donors (Lipinski definition) is 2. The van der Waals surface area contributed by atoms with Gasteiger partial charge in [-0.25, -0.2) is 0 Å². The van der Waals surface area contributed by atoms with Crippen LogP contribution in [0, 0.1) is 0 Å². The van der Waals surface area contributed by atoms with E-state index in [0.29, 0.717) is 12.8 Å². The predicted molar refractivity (Wildman–Crippen MR) is 80.0 cm³/mol. The highest BCUT2D eigenvalue weighted by Gasteiger charge is 2.12. The van der Waals surface area contributed by atoms with Crippen LogP contribution >= 0.6 is 11.3 Å². The van der Waals surface area contributed by atoms with Crippen LogP contribution in [0.1, 0.15) is 25.3 Å². The molecule has 2 aromatic rings. The van der Waals surface area contributed by atoms with Gasteiger partial charge in [0.1, 0.15) is 0 Å². The molecule has 2 N–H and O–H groups in total. The second kappa shape index (κ2) is 6.52. The number of hydrogen-bond acceptors (Lipinski definition) is 3. The largest absolute Gasteiger partial charge is 0.481 e.